The molecule has 0 N–H and O–H groups in total. The molecule has 0 saturated heterocycles. The van der Waals surface area contributed by atoms with Crippen LogP contribution in [0.5, 0.6) is 0 Å². The van der Waals surface area contributed by atoms with E-state index in [-0.39, 0.29) is 5.78 Å². The highest BCUT2D eigenvalue weighted by Gasteiger charge is 2.17. The molecule has 1 aromatic carbocycles. The lowest BCUT2D eigenvalue weighted by Gasteiger charge is -1.95. The second kappa shape index (κ2) is 4.33. The molecule has 0 bridgehead atoms. The van der Waals surface area contributed by atoms with E-state index < -0.39 is 0 Å². The van der Waals surface area contributed by atoms with E-state index in [1.807, 2.05) is 19.1 Å². The number of hydrogen-bond donors (Lipinski definition) is 0. The van der Waals surface area contributed by atoms with Crippen molar-refractivity contribution >= 4 is 44.0 Å². The molecular weight excluding hydrogens is 314 g/mol. The van der Waals surface area contributed by atoms with E-state index in [9.17, 15) is 4.79 Å². The minimum atomic E-state index is -0.170. The van der Waals surface area contributed by atoms with Gasteiger partial charge in [-0.05, 0) is 30.7 Å². The third kappa shape index (κ3) is 1.89. The molecule has 0 saturated carbocycles. The predicted molar refractivity (Wildman–Crippen MR) is 74.2 cm³/mol. The number of benzene rings is 1. The van der Waals surface area contributed by atoms with Crippen LogP contribution in [0.3, 0.4) is 0 Å². The summed E-state index contributed by atoms with van der Waals surface area (Å²) in [5.41, 5.74) is 1.75. The van der Waals surface area contributed by atoms with Crippen LogP contribution in [0.4, 0.5) is 0 Å². The van der Waals surface area contributed by atoms with E-state index in [1.54, 1.807) is 17.6 Å². The number of hydrogen-bond acceptors (Lipinski definition) is 4. The van der Waals surface area contributed by atoms with E-state index in [2.05, 4.69) is 20.9 Å². The van der Waals surface area contributed by atoms with E-state index in [4.69, 9.17) is 4.42 Å². The minimum absolute atomic E-state index is 0.170. The van der Waals surface area contributed by atoms with Crippen molar-refractivity contribution in [1.29, 1.82) is 0 Å². The lowest BCUT2D eigenvalue weighted by Crippen LogP contribution is -1.97. The highest BCUT2D eigenvalue weighted by molar-refractivity contribution is 9.10. The Labute approximate surface area is 116 Å². The maximum Gasteiger partial charge on any atom is 0.256 e. The summed E-state index contributed by atoms with van der Waals surface area (Å²) in [5, 5.41) is 3.14. The van der Waals surface area contributed by atoms with Crippen LogP contribution in [0.25, 0.3) is 11.0 Å². The van der Waals surface area contributed by atoms with Crippen LogP contribution in [0.15, 0.2) is 38.7 Å². The van der Waals surface area contributed by atoms with Gasteiger partial charge in [-0.1, -0.05) is 15.9 Å². The number of aryl methyl sites for hydroxylation is 1. The van der Waals surface area contributed by atoms with Crippen molar-refractivity contribution < 1.29 is 9.21 Å². The Hall–Kier alpha value is -1.46. The Bertz CT molecular complexity index is 731. The maximum absolute atomic E-state index is 12.1. The fourth-order valence-electron chi connectivity index (χ4n) is 1.84. The molecule has 0 fully saturated rings. The van der Waals surface area contributed by atoms with Crippen molar-refractivity contribution in [3.8, 4) is 0 Å². The van der Waals surface area contributed by atoms with Crippen molar-refractivity contribution in [2.24, 2.45) is 0 Å². The summed E-state index contributed by atoms with van der Waals surface area (Å²) in [6.07, 6.45) is 1.61. The maximum atomic E-state index is 12.1. The largest absolute Gasteiger partial charge is 0.452 e. The van der Waals surface area contributed by atoms with Crippen molar-refractivity contribution in [3.05, 3.63) is 50.6 Å². The van der Waals surface area contributed by atoms with Gasteiger partial charge < -0.3 is 4.42 Å². The van der Waals surface area contributed by atoms with Gasteiger partial charge in [0.25, 0.3) is 5.78 Å². The second-order valence-electron chi connectivity index (χ2n) is 3.92. The number of aromatic nitrogens is 1. The molecule has 3 rings (SSSR count). The third-order valence-corrected chi connectivity index (χ3v) is 3.85. The number of carbonyl (C=O) groups is 1. The molecule has 0 spiro atoms. The molecule has 0 radical (unpaired) electrons. The van der Waals surface area contributed by atoms with Crippen LogP contribution in [0.1, 0.15) is 21.1 Å². The Morgan fingerprint density at radius 3 is 2.94 bits per heavy atom. The summed E-state index contributed by atoms with van der Waals surface area (Å²) >= 11 is 4.74. The molecule has 18 heavy (non-hydrogen) atoms. The van der Waals surface area contributed by atoms with Crippen molar-refractivity contribution in [1.82, 2.24) is 4.98 Å². The van der Waals surface area contributed by atoms with Crippen molar-refractivity contribution in [2.75, 3.05) is 0 Å². The number of fused-ring (bicyclic) bond motifs is 1. The smallest absolute Gasteiger partial charge is 0.256 e. The SMILES string of the molecule is Cc1cc(Br)cc2cc(C(=O)c3nccs3)oc12. The molecule has 0 atom stereocenters. The van der Waals surface area contributed by atoms with Crippen LogP contribution >= 0.6 is 27.3 Å². The fourth-order valence-corrected chi connectivity index (χ4v) is 3.01. The number of furan rings is 1. The minimum Gasteiger partial charge on any atom is -0.452 e. The molecular formula is C13H8BrNO2S. The summed E-state index contributed by atoms with van der Waals surface area (Å²) in [4.78, 5) is 16.1. The van der Waals surface area contributed by atoms with E-state index in [1.165, 1.54) is 11.3 Å². The Balaban J connectivity index is 2.14. The molecule has 3 nitrogen and oxygen atoms in total. The summed E-state index contributed by atoms with van der Waals surface area (Å²) in [6.45, 7) is 1.95. The molecule has 0 aliphatic rings. The Kier molecular flexibility index (Phi) is 2.80. The highest BCUT2D eigenvalue weighted by atomic mass is 79.9. The second-order valence-corrected chi connectivity index (χ2v) is 5.73. The van der Waals surface area contributed by atoms with Crippen molar-refractivity contribution in [3.63, 3.8) is 0 Å². The molecule has 3 aromatic rings. The van der Waals surface area contributed by atoms with Gasteiger partial charge in [0.2, 0.25) is 0 Å². The standard InChI is InChI=1S/C13H8BrNO2S/c1-7-4-9(14)5-8-6-10(17-12(7)8)11(16)13-15-2-3-18-13/h2-6H,1H3. The molecule has 0 aliphatic carbocycles. The molecule has 2 aromatic heterocycles. The normalized spacial score (nSPS) is 11.0. The van der Waals surface area contributed by atoms with Gasteiger partial charge in [-0.15, -0.1) is 11.3 Å². The van der Waals surface area contributed by atoms with Gasteiger partial charge in [0, 0.05) is 21.4 Å². The Morgan fingerprint density at radius 2 is 2.22 bits per heavy atom. The van der Waals surface area contributed by atoms with Gasteiger partial charge in [0.05, 0.1) is 0 Å². The van der Waals surface area contributed by atoms with Crippen LogP contribution in [-0.2, 0) is 0 Å². The molecule has 0 aliphatic heterocycles. The number of ketones is 1. The summed E-state index contributed by atoms with van der Waals surface area (Å²) in [7, 11) is 0. The zero-order chi connectivity index (χ0) is 12.7. The zero-order valence-electron chi connectivity index (χ0n) is 9.44. The summed E-state index contributed by atoms with van der Waals surface area (Å²) < 4.78 is 6.61. The first-order valence-corrected chi connectivity index (χ1v) is 6.96. The lowest BCUT2D eigenvalue weighted by molar-refractivity contribution is 0.101. The molecule has 2 heterocycles. The lowest BCUT2D eigenvalue weighted by atomic mass is 10.2. The van der Waals surface area contributed by atoms with Gasteiger partial charge in [-0.25, -0.2) is 4.98 Å². The average molecular weight is 322 g/mol. The topological polar surface area (TPSA) is 43.1 Å². The van der Waals surface area contributed by atoms with E-state index in [0.717, 1.165) is 21.0 Å². The first-order chi connectivity index (χ1) is 8.65. The van der Waals surface area contributed by atoms with Gasteiger partial charge in [-0.3, -0.25) is 4.79 Å². The van der Waals surface area contributed by atoms with Gasteiger partial charge in [-0.2, -0.15) is 0 Å². The zero-order valence-corrected chi connectivity index (χ0v) is 11.8. The fraction of sp³-hybridized carbons (Fsp3) is 0.0769. The number of rotatable bonds is 2. The Morgan fingerprint density at radius 1 is 1.39 bits per heavy atom. The van der Waals surface area contributed by atoms with Gasteiger partial charge >= 0.3 is 0 Å². The summed E-state index contributed by atoms with van der Waals surface area (Å²) in [5.74, 6) is 0.165. The molecule has 0 amide bonds. The molecule has 5 heteroatoms. The van der Waals surface area contributed by atoms with E-state index in [0.29, 0.717) is 10.8 Å². The van der Waals surface area contributed by atoms with Crippen LogP contribution in [-0.4, -0.2) is 10.8 Å². The van der Waals surface area contributed by atoms with Gasteiger partial charge in [0.15, 0.2) is 10.8 Å². The predicted octanol–water partition coefficient (Wildman–Crippen LogP) is 4.19. The average Bonchev–Trinajstić information content (AvgIpc) is 2.96. The van der Waals surface area contributed by atoms with Crippen molar-refractivity contribution in [2.45, 2.75) is 6.92 Å². The first-order valence-electron chi connectivity index (χ1n) is 5.29. The van der Waals surface area contributed by atoms with Crippen LogP contribution in [0, 0.1) is 6.92 Å². The van der Waals surface area contributed by atoms with E-state index >= 15 is 0 Å². The van der Waals surface area contributed by atoms with Gasteiger partial charge in [0.1, 0.15) is 5.58 Å². The number of carbonyl (C=O) groups excluding carboxylic acids is 1. The highest BCUT2D eigenvalue weighted by Crippen LogP contribution is 2.28. The number of thiazole rings is 1. The molecule has 0 unspecified atom stereocenters. The number of nitrogens with zero attached hydrogens (tertiary/aromatic N) is 1. The first kappa shape index (κ1) is 11.6. The summed E-state index contributed by atoms with van der Waals surface area (Å²) in [6, 6.07) is 5.66. The number of halogens is 1. The van der Waals surface area contributed by atoms with Crippen LogP contribution in [0.2, 0.25) is 0 Å². The molecule has 90 valence electrons. The van der Waals surface area contributed by atoms with Crippen LogP contribution < -0.4 is 0 Å². The quantitative estimate of drug-likeness (QED) is 0.664. The third-order valence-electron chi connectivity index (χ3n) is 2.62. The monoisotopic (exact) mass is 321 g/mol.